The van der Waals surface area contributed by atoms with Crippen molar-refractivity contribution in [1.29, 1.82) is 0 Å². The van der Waals surface area contributed by atoms with E-state index in [1.807, 2.05) is 58.0 Å². The minimum atomic E-state index is -0.244. The van der Waals surface area contributed by atoms with Gasteiger partial charge in [0.05, 0.1) is 40.7 Å². The van der Waals surface area contributed by atoms with Gasteiger partial charge in [-0.15, -0.1) is 0 Å². The highest BCUT2D eigenvalue weighted by molar-refractivity contribution is 6.01. The van der Waals surface area contributed by atoms with Crippen LogP contribution in [0, 0.1) is 0 Å². The first-order valence-corrected chi connectivity index (χ1v) is 11.7. The van der Waals surface area contributed by atoms with Gasteiger partial charge < -0.3 is 19.6 Å². The second-order valence-electron chi connectivity index (χ2n) is 8.86. The number of hydrogen-bond donors (Lipinski definition) is 2. The maximum Gasteiger partial charge on any atom is 0.268 e. The quantitative estimate of drug-likeness (QED) is 0.425. The molecule has 0 bridgehead atoms. The number of aromatic amines is 1. The summed E-state index contributed by atoms with van der Waals surface area (Å²) in [6.45, 7) is 1.02. The minimum Gasteiger partial charge on any atom is -0.349 e. The molecule has 2 atom stereocenters. The lowest BCUT2D eigenvalue weighted by molar-refractivity contribution is 0.0656. The number of hydrogen-bond acceptors (Lipinski definition) is 4. The summed E-state index contributed by atoms with van der Waals surface area (Å²) >= 11 is 0. The minimum absolute atomic E-state index is 0.0586. The van der Waals surface area contributed by atoms with Gasteiger partial charge in [0.15, 0.2) is 0 Å². The Kier molecular flexibility index (Phi) is 5.25. The van der Waals surface area contributed by atoms with Crippen LogP contribution in [0.2, 0.25) is 0 Å². The molecule has 2 amide bonds. The maximum atomic E-state index is 13.5. The molecule has 0 saturated carbocycles. The molecule has 0 unspecified atom stereocenters. The normalized spacial score (nSPS) is 18.1. The molecule has 4 aromatic heterocycles. The van der Waals surface area contributed by atoms with Gasteiger partial charge in [-0.05, 0) is 42.3 Å². The van der Waals surface area contributed by atoms with E-state index in [2.05, 4.69) is 32.4 Å². The number of amides is 2. The molecule has 5 heterocycles. The fraction of sp³-hybridized carbons (Fsp3) is 0.185. The summed E-state index contributed by atoms with van der Waals surface area (Å²) in [5.74, 6) is -0.171. The number of likely N-dealkylation sites (tertiary alicyclic amines) is 1. The van der Waals surface area contributed by atoms with Crippen molar-refractivity contribution in [1.82, 2.24) is 29.6 Å². The monoisotopic (exact) mass is 464 g/mol. The standard InChI is InChI=1S/C27H24N6O2/c34-26(23-14-22-21(30-23)9-4-11-29-22)31-24-16-32(13-10-19(24)18-6-2-1-3-7-18)27(35)20-8-5-12-33-17-28-15-25(20)33/h1-9,11-12,14-15,17,19,24,30H,10,13,16H2,(H,31,34)/t19-,24+/m0/s1. The zero-order valence-corrected chi connectivity index (χ0v) is 19.0. The Morgan fingerprint density at radius 3 is 2.80 bits per heavy atom. The molecule has 1 aliphatic rings. The molecule has 1 saturated heterocycles. The second kappa shape index (κ2) is 8.72. The van der Waals surface area contributed by atoms with Crippen molar-refractivity contribution in [3.8, 4) is 0 Å². The van der Waals surface area contributed by atoms with Gasteiger partial charge >= 0.3 is 0 Å². The number of nitrogens with zero attached hydrogens (tertiary/aromatic N) is 4. The van der Waals surface area contributed by atoms with Crippen LogP contribution in [-0.2, 0) is 0 Å². The largest absolute Gasteiger partial charge is 0.349 e. The number of piperidine rings is 1. The van der Waals surface area contributed by atoms with Crippen LogP contribution in [0.3, 0.4) is 0 Å². The average Bonchev–Trinajstić information content (AvgIpc) is 3.56. The molecule has 0 radical (unpaired) electrons. The van der Waals surface area contributed by atoms with E-state index in [0.717, 1.165) is 28.5 Å². The van der Waals surface area contributed by atoms with Gasteiger partial charge in [-0.1, -0.05) is 30.3 Å². The van der Waals surface area contributed by atoms with Gasteiger partial charge in [-0.25, -0.2) is 4.98 Å². The maximum absolute atomic E-state index is 13.5. The highest BCUT2D eigenvalue weighted by Crippen LogP contribution is 2.30. The Hall–Kier alpha value is -4.46. The van der Waals surface area contributed by atoms with Crippen molar-refractivity contribution < 1.29 is 9.59 Å². The van der Waals surface area contributed by atoms with E-state index in [9.17, 15) is 9.59 Å². The van der Waals surface area contributed by atoms with E-state index >= 15 is 0 Å². The molecule has 35 heavy (non-hydrogen) atoms. The molecular weight excluding hydrogens is 440 g/mol. The molecule has 1 aromatic carbocycles. The summed E-state index contributed by atoms with van der Waals surface area (Å²) < 4.78 is 1.84. The van der Waals surface area contributed by atoms with Gasteiger partial charge in [0.25, 0.3) is 11.8 Å². The van der Waals surface area contributed by atoms with Gasteiger partial charge in [0, 0.05) is 31.4 Å². The van der Waals surface area contributed by atoms with Gasteiger partial charge in [0.2, 0.25) is 0 Å². The molecular formula is C27H24N6O2. The third kappa shape index (κ3) is 3.93. The first-order valence-electron chi connectivity index (χ1n) is 11.7. The van der Waals surface area contributed by atoms with E-state index in [-0.39, 0.29) is 23.8 Å². The van der Waals surface area contributed by atoms with Crippen LogP contribution >= 0.6 is 0 Å². The van der Waals surface area contributed by atoms with Gasteiger partial charge in [-0.3, -0.25) is 14.6 Å². The number of pyridine rings is 2. The molecule has 1 aliphatic heterocycles. The first-order chi connectivity index (χ1) is 17.2. The predicted octanol–water partition coefficient (Wildman–Crippen LogP) is 3.64. The molecule has 174 valence electrons. The van der Waals surface area contributed by atoms with Crippen LogP contribution in [0.4, 0.5) is 0 Å². The Labute approximate surface area is 201 Å². The number of rotatable bonds is 4. The van der Waals surface area contributed by atoms with Crippen molar-refractivity contribution in [2.24, 2.45) is 0 Å². The Morgan fingerprint density at radius 1 is 1.06 bits per heavy atom. The third-order valence-electron chi connectivity index (χ3n) is 6.76. The van der Waals surface area contributed by atoms with E-state index < -0.39 is 0 Å². The lowest BCUT2D eigenvalue weighted by Crippen LogP contribution is -2.53. The van der Waals surface area contributed by atoms with Crippen molar-refractivity contribution in [3.63, 3.8) is 0 Å². The zero-order valence-electron chi connectivity index (χ0n) is 19.0. The highest BCUT2D eigenvalue weighted by atomic mass is 16.2. The molecule has 0 aliphatic carbocycles. The van der Waals surface area contributed by atoms with Crippen LogP contribution < -0.4 is 5.32 Å². The SMILES string of the molecule is O=C(N[C@@H]1CN(C(=O)c2cccn3cncc23)CC[C@H]1c1ccccc1)c1cc2ncccc2[nH]1. The number of benzene rings is 1. The van der Waals surface area contributed by atoms with E-state index in [1.54, 1.807) is 24.8 Å². The topological polar surface area (TPSA) is 95.4 Å². The number of nitrogens with one attached hydrogen (secondary N) is 2. The van der Waals surface area contributed by atoms with Crippen molar-refractivity contribution in [2.75, 3.05) is 13.1 Å². The number of carbonyl (C=O) groups is 2. The number of fused-ring (bicyclic) bond motifs is 2. The third-order valence-corrected chi connectivity index (χ3v) is 6.76. The number of imidazole rings is 1. The van der Waals surface area contributed by atoms with E-state index in [1.165, 1.54) is 0 Å². The summed E-state index contributed by atoms with van der Waals surface area (Å²) in [6.07, 6.45) is 7.71. The summed E-state index contributed by atoms with van der Waals surface area (Å²) in [4.78, 5) is 40.3. The molecule has 2 N–H and O–H groups in total. The first kappa shape index (κ1) is 21.1. The molecule has 6 rings (SSSR count). The second-order valence-corrected chi connectivity index (χ2v) is 8.86. The highest BCUT2D eigenvalue weighted by Gasteiger charge is 2.34. The Balaban J connectivity index is 1.29. The Morgan fingerprint density at radius 2 is 1.94 bits per heavy atom. The fourth-order valence-electron chi connectivity index (χ4n) is 5.01. The van der Waals surface area contributed by atoms with Gasteiger partial charge in [-0.2, -0.15) is 0 Å². The number of aromatic nitrogens is 4. The molecule has 0 spiro atoms. The fourth-order valence-corrected chi connectivity index (χ4v) is 5.01. The molecule has 1 fully saturated rings. The van der Waals surface area contributed by atoms with E-state index in [4.69, 9.17) is 0 Å². The average molecular weight is 465 g/mol. The summed E-state index contributed by atoms with van der Waals surface area (Å²) in [5, 5.41) is 3.20. The lowest BCUT2D eigenvalue weighted by atomic mass is 9.85. The summed E-state index contributed by atoms with van der Waals surface area (Å²) in [7, 11) is 0. The van der Waals surface area contributed by atoms with Crippen LogP contribution in [0.25, 0.3) is 16.6 Å². The van der Waals surface area contributed by atoms with E-state index in [0.29, 0.717) is 24.3 Å². The zero-order chi connectivity index (χ0) is 23.8. The predicted molar refractivity (Wildman–Crippen MR) is 132 cm³/mol. The summed E-state index contributed by atoms with van der Waals surface area (Å²) in [6, 6.07) is 19.1. The van der Waals surface area contributed by atoms with Crippen LogP contribution in [-0.4, -0.2) is 55.2 Å². The van der Waals surface area contributed by atoms with Crippen LogP contribution in [0.1, 0.15) is 38.7 Å². The molecule has 8 nitrogen and oxygen atoms in total. The van der Waals surface area contributed by atoms with Crippen molar-refractivity contribution in [2.45, 2.75) is 18.4 Å². The molecule has 5 aromatic rings. The smallest absolute Gasteiger partial charge is 0.268 e. The van der Waals surface area contributed by atoms with Gasteiger partial charge in [0.1, 0.15) is 5.69 Å². The Bertz CT molecular complexity index is 1490. The van der Waals surface area contributed by atoms with Crippen molar-refractivity contribution >= 4 is 28.4 Å². The summed E-state index contributed by atoms with van der Waals surface area (Å²) in [5.41, 5.74) is 4.54. The number of H-pyrrole nitrogens is 1. The lowest BCUT2D eigenvalue weighted by Gasteiger charge is -2.39. The number of carbonyl (C=O) groups excluding carboxylic acids is 2. The van der Waals surface area contributed by atoms with Crippen LogP contribution in [0.5, 0.6) is 0 Å². The molecule has 8 heteroatoms. The van der Waals surface area contributed by atoms with Crippen LogP contribution in [0.15, 0.2) is 85.6 Å². The van der Waals surface area contributed by atoms with Crippen molar-refractivity contribution in [3.05, 3.63) is 102 Å².